The highest BCUT2D eigenvalue weighted by molar-refractivity contribution is 6.07. The van der Waals surface area contributed by atoms with Gasteiger partial charge in [0.2, 0.25) is 0 Å². The minimum absolute atomic E-state index is 0.226. The summed E-state index contributed by atoms with van der Waals surface area (Å²) in [6.07, 6.45) is 2.16. The Labute approximate surface area is 151 Å². The quantitative estimate of drug-likeness (QED) is 0.847. The van der Waals surface area contributed by atoms with Gasteiger partial charge in [0.05, 0.1) is 24.0 Å². The molecule has 0 saturated carbocycles. The van der Waals surface area contributed by atoms with Crippen LogP contribution < -0.4 is 10.2 Å². The number of carbonyl (C=O) groups is 2. The standard InChI is InChI=1S/C20H21FN2O3/c1-13-5-6-14(11-16(13)21)19(24)22-17-12-15(20(25)26-2)7-8-18(17)23-9-3-4-10-23/h5-8,11-12H,3-4,9-10H2,1-2H3,(H,22,24). The molecule has 1 amide bonds. The van der Waals surface area contributed by atoms with Crippen LogP contribution in [0.2, 0.25) is 0 Å². The van der Waals surface area contributed by atoms with Crippen molar-refractivity contribution in [2.75, 3.05) is 30.4 Å². The molecule has 1 aliphatic heterocycles. The van der Waals surface area contributed by atoms with E-state index in [1.54, 1.807) is 31.2 Å². The first kappa shape index (κ1) is 17.9. The molecule has 0 bridgehead atoms. The largest absolute Gasteiger partial charge is 0.465 e. The highest BCUT2D eigenvalue weighted by Gasteiger charge is 2.20. The molecule has 6 heteroatoms. The number of methoxy groups -OCH3 is 1. The Hall–Kier alpha value is -2.89. The zero-order valence-electron chi connectivity index (χ0n) is 14.8. The van der Waals surface area contributed by atoms with E-state index in [1.165, 1.54) is 13.2 Å². The van der Waals surface area contributed by atoms with E-state index < -0.39 is 17.7 Å². The molecule has 0 atom stereocenters. The van der Waals surface area contributed by atoms with Crippen LogP contribution in [0.1, 0.15) is 39.1 Å². The van der Waals surface area contributed by atoms with E-state index in [0.717, 1.165) is 31.6 Å². The van der Waals surface area contributed by atoms with E-state index in [4.69, 9.17) is 4.74 Å². The fourth-order valence-corrected chi connectivity index (χ4v) is 3.04. The maximum absolute atomic E-state index is 13.8. The number of nitrogens with zero attached hydrogens (tertiary/aromatic N) is 1. The Bertz CT molecular complexity index is 845. The predicted molar refractivity (Wildman–Crippen MR) is 98.3 cm³/mol. The molecule has 1 heterocycles. The third kappa shape index (κ3) is 3.69. The first-order valence-corrected chi connectivity index (χ1v) is 8.54. The van der Waals surface area contributed by atoms with Crippen molar-refractivity contribution in [3.8, 4) is 0 Å². The Morgan fingerprint density at radius 1 is 1.08 bits per heavy atom. The number of ether oxygens (including phenoxy) is 1. The molecular formula is C20H21FN2O3. The minimum atomic E-state index is -0.477. The molecule has 0 spiro atoms. The van der Waals surface area contributed by atoms with Crippen LogP contribution in [0.4, 0.5) is 15.8 Å². The molecule has 1 N–H and O–H groups in total. The average Bonchev–Trinajstić information content (AvgIpc) is 3.17. The molecule has 26 heavy (non-hydrogen) atoms. The van der Waals surface area contributed by atoms with Crippen LogP contribution in [0.25, 0.3) is 0 Å². The zero-order valence-corrected chi connectivity index (χ0v) is 14.8. The predicted octanol–water partition coefficient (Wildman–Crippen LogP) is 3.77. The molecule has 0 aliphatic carbocycles. The van der Waals surface area contributed by atoms with Gasteiger partial charge in [-0.2, -0.15) is 0 Å². The smallest absolute Gasteiger partial charge is 0.337 e. The lowest BCUT2D eigenvalue weighted by atomic mass is 10.1. The van der Waals surface area contributed by atoms with Gasteiger partial charge in [-0.3, -0.25) is 4.79 Å². The van der Waals surface area contributed by atoms with E-state index in [1.807, 2.05) is 6.07 Å². The van der Waals surface area contributed by atoms with Crippen molar-refractivity contribution in [2.24, 2.45) is 0 Å². The number of halogens is 1. The summed E-state index contributed by atoms with van der Waals surface area (Å²) in [6.45, 7) is 3.42. The lowest BCUT2D eigenvalue weighted by molar-refractivity contribution is 0.0600. The number of amides is 1. The van der Waals surface area contributed by atoms with Crippen LogP contribution in [0.5, 0.6) is 0 Å². The van der Waals surface area contributed by atoms with E-state index in [2.05, 4.69) is 10.2 Å². The molecule has 1 fully saturated rings. The van der Waals surface area contributed by atoms with Gasteiger partial charge in [0.1, 0.15) is 5.82 Å². The van der Waals surface area contributed by atoms with Crippen LogP contribution in [0.15, 0.2) is 36.4 Å². The van der Waals surface area contributed by atoms with Crippen molar-refractivity contribution in [2.45, 2.75) is 19.8 Å². The fourth-order valence-electron chi connectivity index (χ4n) is 3.04. The number of rotatable bonds is 4. The Kier molecular flexibility index (Phi) is 5.21. The van der Waals surface area contributed by atoms with Crippen molar-refractivity contribution < 1.29 is 18.7 Å². The third-order valence-electron chi connectivity index (χ3n) is 4.55. The van der Waals surface area contributed by atoms with Crippen LogP contribution >= 0.6 is 0 Å². The van der Waals surface area contributed by atoms with Gasteiger partial charge in [0.15, 0.2) is 0 Å². The summed E-state index contributed by atoms with van der Waals surface area (Å²) in [6, 6.07) is 9.44. The minimum Gasteiger partial charge on any atom is -0.465 e. The summed E-state index contributed by atoms with van der Waals surface area (Å²) in [5.74, 6) is -1.33. The van der Waals surface area contributed by atoms with Gasteiger partial charge in [-0.1, -0.05) is 6.07 Å². The SMILES string of the molecule is COC(=O)c1ccc(N2CCCC2)c(NC(=O)c2ccc(C)c(F)c2)c1. The normalized spacial score (nSPS) is 13.6. The summed E-state index contributed by atoms with van der Waals surface area (Å²) >= 11 is 0. The van der Waals surface area contributed by atoms with Gasteiger partial charge < -0.3 is 15.0 Å². The Balaban J connectivity index is 1.93. The van der Waals surface area contributed by atoms with Crippen molar-refractivity contribution in [1.29, 1.82) is 0 Å². The molecule has 136 valence electrons. The van der Waals surface area contributed by atoms with Crippen molar-refractivity contribution in [3.63, 3.8) is 0 Å². The molecular weight excluding hydrogens is 335 g/mol. The van der Waals surface area contributed by atoms with Gasteiger partial charge in [-0.05, 0) is 55.7 Å². The summed E-state index contributed by atoms with van der Waals surface area (Å²) < 4.78 is 18.5. The van der Waals surface area contributed by atoms with E-state index in [9.17, 15) is 14.0 Å². The highest BCUT2D eigenvalue weighted by Crippen LogP contribution is 2.31. The topological polar surface area (TPSA) is 58.6 Å². The summed E-state index contributed by atoms with van der Waals surface area (Å²) in [4.78, 5) is 26.6. The molecule has 0 aromatic heterocycles. The first-order chi connectivity index (χ1) is 12.5. The van der Waals surface area contributed by atoms with Crippen molar-refractivity contribution >= 4 is 23.3 Å². The van der Waals surface area contributed by atoms with Gasteiger partial charge in [-0.15, -0.1) is 0 Å². The number of nitrogens with one attached hydrogen (secondary N) is 1. The molecule has 0 unspecified atom stereocenters. The second-order valence-corrected chi connectivity index (χ2v) is 6.34. The lowest BCUT2D eigenvalue weighted by Gasteiger charge is -2.22. The number of esters is 1. The first-order valence-electron chi connectivity index (χ1n) is 8.54. The summed E-state index contributed by atoms with van der Waals surface area (Å²) in [7, 11) is 1.31. The number of benzene rings is 2. The molecule has 1 aliphatic rings. The second kappa shape index (κ2) is 7.56. The highest BCUT2D eigenvalue weighted by atomic mass is 19.1. The van der Waals surface area contributed by atoms with Crippen LogP contribution in [0, 0.1) is 12.7 Å². The Morgan fingerprint density at radius 2 is 1.77 bits per heavy atom. The molecule has 5 nitrogen and oxygen atoms in total. The average molecular weight is 356 g/mol. The summed E-state index contributed by atoms with van der Waals surface area (Å²) in [5.41, 5.74) is 2.41. The summed E-state index contributed by atoms with van der Waals surface area (Å²) in [5, 5.41) is 2.81. The van der Waals surface area contributed by atoms with Gasteiger partial charge >= 0.3 is 5.97 Å². The second-order valence-electron chi connectivity index (χ2n) is 6.34. The van der Waals surface area contributed by atoms with Gasteiger partial charge in [0.25, 0.3) is 5.91 Å². The number of aryl methyl sites for hydroxylation is 1. The van der Waals surface area contributed by atoms with Gasteiger partial charge in [-0.25, -0.2) is 9.18 Å². The number of carbonyl (C=O) groups excluding carboxylic acids is 2. The number of hydrogen-bond acceptors (Lipinski definition) is 4. The van der Waals surface area contributed by atoms with E-state index in [0.29, 0.717) is 16.8 Å². The van der Waals surface area contributed by atoms with Crippen molar-refractivity contribution in [3.05, 3.63) is 58.9 Å². The van der Waals surface area contributed by atoms with Gasteiger partial charge in [0, 0.05) is 18.7 Å². The van der Waals surface area contributed by atoms with Crippen LogP contribution in [0.3, 0.4) is 0 Å². The third-order valence-corrected chi connectivity index (χ3v) is 4.55. The van der Waals surface area contributed by atoms with Crippen LogP contribution in [-0.2, 0) is 4.74 Å². The molecule has 2 aromatic carbocycles. The number of anilines is 2. The zero-order chi connectivity index (χ0) is 18.7. The molecule has 0 radical (unpaired) electrons. The van der Waals surface area contributed by atoms with E-state index >= 15 is 0 Å². The maximum atomic E-state index is 13.8. The molecule has 1 saturated heterocycles. The number of hydrogen-bond donors (Lipinski definition) is 1. The van der Waals surface area contributed by atoms with E-state index in [-0.39, 0.29) is 5.56 Å². The Morgan fingerprint density at radius 3 is 2.42 bits per heavy atom. The van der Waals surface area contributed by atoms with Crippen LogP contribution in [-0.4, -0.2) is 32.1 Å². The maximum Gasteiger partial charge on any atom is 0.337 e. The molecule has 3 rings (SSSR count). The molecule has 2 aromatic rings. The van der Waals surface area contributed by atoms with Crippen molar-refractivity contribution in [1.82, 2.24) is 0 Å². The monoisotopic (exact) mass is 356 g/mol. The lowest BCUT2D eigenvalue weighted by Crippen LogP contribution is -2.21. The fraction of sp³-hybridized carbons (Fsp3) is 0.300.